The Balaban J connectivity index is 1.91. The number of hydrogen-bond donors (Lipinski definition) is 1. The highest BCUT2D eigenvalue weighted by Crippen LogP contribution is 2.20. The molecule has 1 N–H and O–H groups in total. The van der Waals surface area contributed by atoms with Gasteiger partial charge in [0, 0.05) is 42.3 Å². The van der Waals surface area contributed by atoms with Crippen LogP contribution in [0.2, 0.25) is 0 Å². The molecule has 0 spiro atoms. The lowest BCUT2D eigenvalue weighted by Gasteiger charge is -2.16. The van der Waals surface area contributed by atoms with Crippen LogP contribution >= 0.6 is 0 Å². The Kier molecular flexibility index (Phi) is 4.66. The molecule has 1 aliphatic heterocycles. The van der Waals surface area contributed by atoms with Crippen LogP contribution in [-0.2, 0) is 16.6 Å². The van der Waals surface area contributed by atoms with Gasteiger partial charge in [-0.05, 0) is 38.8 Å². The molecule has 134 valence electrons. The molecule has 7 nitrogen and oxygen atoms in total. The third kappa shape index (κ3) is 3.45. The standard InChI is InChI=1S/C17H21N3O4S/c1-12-9-15(13(2)18-12)16(21)11-19-10-14(5-6-17(19)22)25(23,24)20-7-3-4-8-20/h5-6,9-10,18H,3-4,7-8,11H2,1-2H3. The number of nitrogens with zero attached hydrogens (tertiary/aromatic N) is 2. The van der Waals surface area contributed by atoms with E-state index in [9.17, 15) is 18.0 Å². The molecule has 0 aromatic carbocycles. The summed E-state index contributed by atoms with van der Waals surface area (Å²) in [6.45, 7) is 4.42. The number of carbonyl (C=O) groups is 1. The van der Waals surface area contributed by atoms with Gasteiger partial charge in [-0.25, -0.2) is 8.42 Å². The second kappa shape index (κ2) is 6.61. The highest BCUT2D eigenvalue weighted by molar-refractivity contribution is 7.89. The molecule has 0 radical (unpaired) electrons. The number of aromatic nitrogens is 2. The highest BCUT2D eigenvalue weighted by atomic mass is 32.2. The maximum absolute atomic E-state index is 12.6. The summed E-state index contributed by atoms with van der Waals surface area (Å²) in [5.74, 6) is -0.236. The molecule has 0 bridgehead atoms. The molecule has 0 atom stereocenters. The minimum absolute atomic E-state index is 0.0452. The molecule has 0 aliphatic carbocycles. The number of aromatic amines is 1. The fraction of sp³-hybridized carbons (Fsp3) is 0.412. The normalized spacial score (nSPS) is 15.6. The summed E-state index contributed by atoms with van der Waals surface area (Å²) in [5.41, 5.74) is 1.70. The Morgan fingerprint density at radius 2 is 1.88 bits per heavy atom. The van der Waals surface area contributed by atoms with Crippen molar-refractivity contribution in [3.63, 3.8) is 0 Å². The number of sulfonamides is 1. The molecule has 2 aromatic rings. The van der Waals surface area contributed by atoms with Crippen LogP contribution in [0.3, 0.4) is 0 Å². The molecule has 0 saturated carbocycles. The Morgan fingerprint density at radius 3 is 2.48 bits per heavy atom. The van der Waals surface area contributed by atoms with E-state index in [0.717, 1.165) is 28.8 Å². The lowest BCUT2D eigenvalue weighted by atomic mass is 10.1. The predicted molar refractivity (Wildman–Crippen MR) is 93.3 cm³/mol. The fourth-order valence-electron chi connectivity index (χ4n) is 3.12. The third-order valence-electron chi connectivity index (χ3n) is 4.42. The van der Waals surface area contributed by atoms with E-state index in [0.29, 0.717) is 18.7 Å². The van der Waals surface area contributed by atoms with Crippen LogP contribution in [0.1, 0.15) is 34.6 Å². The number of pyridine rings is 1. The summed E-state index contributed by atoms with van der Waals surface area (Å²) in [4.78, 5) is 27.6. The van der Waals surface area contributed by atoms with Gasteiger partial charge >= 0.3 is 0 Å². The molecule has 8 heteroatoms. The molecular formula is C17H21N3O4S. The molecule has 3 heterocycles. The lowest BCUT2D eigenvalue weighted by Crippen LogP contribution is -2.30. The summed E-state index contributed by atoms with van der Waals surface area (Å²) >= 11 is 0. The number of H-pyrrole nitrogens is 1. The number of hydrogen-bond acceptors (Lipinski definition) is 4. The van der Waals surface area contributed by atoms with Gasteiger partial charge in [0.25, 0.3) is 5.56 Å². The number of aryl methyl sites for hydroxylation is 2. The molecule has 25 heavy (non-hydrogen) atoms. The van der Waals surface area contributed by atoms with Crippen LogP contribution in [0.15, 0.2) is 34.1 Å². The van der Waals surface area contributed by atoms with Crippen molar-refractivity contribution in [3.8, 4) is 0 Å². The topological polar surface area (TPSA) is 92.2 Å². The van der Waals surface area contributed by atoms with E-state index in [-0.39, 0.29) is 17.2 Å². The van der Waals surface area contributed by atoms with Gasteiger partial charge in [-0.2, -0.15) is 4.31 Å². The van der Waals surface area contributed by atoms with Crippen molar-refractivity contribution in [3.05, 3.63) is 51.7 Å². The fourth-order valence-corrected chi connectivity index (χ4v) is 4.65. The van der Waals surface area contributed by atoms with Gasteiger partial charge in [-0.3, -0.25) is 9.59 Å². The van der Waals surface area contributed by atoms with E-state index in [4.69, 9.17) is 0 Å². The minimum Gasteiger partial charge on any atom is -0.362 e. The summed E-state index contributed by atoms with van der Waals surface area (Å²) in [7, 11) is -3.63. The van der Waals surface area contributed by atoms with Crippen LogP contribution in [0.4, 0.5) is 0 Å². The van der Waals surface area contributed by atoms with E-state index in [1.807, 2.05) is 6.92 Å². The Labute approximate surface area is 146 Å². The first-order valence-electron chi connectivity index (χ1n) is 8.19. The average molecular weight is 363 g/mol. The van der Waals surface area contributed by atoms with Crippen LogP contribution in [0.25, 0.3) is 0 Å². The van der Waals surface area contributed by atoms with Crippen LogP contribution in [-0.4, -0.2) is 41.1 Å². The molecule has 1 fully saturated rings. The number of rotatable bonds is 5. The molecule has 0 unspecified atom stereocenters. The van der Waals surface area contributed by atoms with Gasteiger partial charge < -0.3 is 9.55 Å². The zero-order valence-electron chi connectivity index (χ0n) is 14.3. The van der Waals surface area contributed by atoms with E-state index in [2.05, 4.69) is 4.98 Å². The van der Waals surface area contributed by atoms with E-state index < -0.39 is 15.6 Å². The molecule has 1 saturated heterocycles. The zero-order valence-corrected chi connectivity index (χ0v) is 15.1. The average Bonchev–Trinajstić information content (AvgIpc) is 3.19. The number of carbonyl (C=O) groups excluding carboxylic acids is 1. The van der Waals surface area contributed by atoms with Crippen LogP contribution < -0.4 is 5.56 Å². The second-order valence-corrected chi connectivity index (χ2v) is 8.29. The first kappa shape index (κ1) is 17.6. The van der Waals surface area contributed by atoms with Crippen molar-refractivity contribution in [1.29, 1.82) is 0 Å². The Morgan fingerprint density at radius 1 is 1.20 bits per heavy atom. The number of ketones is 1. The maximum Gasteiger partial charge on any atom is 0.251 e. The quantitative estimate of drug-likeness (QED) is 0.814. The Hall–Kier alpha value is -2.19. The van der Waals surface area contributed by atoms with E-state index in [1.165, 1.54) is 22.6 Å². The molecular weight excluding hydrogens is 342 g/mol. The monoisotopic (exact) mass is 363 g/mol. The first-order valence-corrected chi connectivity index (χ1v) is 9.63. The van der Waals surface area contributed by atoms with Crippen molar-refractivity contribution in [2.45, 2.75) is 38.1 Å². The largest absolute Gasteiger partial charge is 0.362 e. The first-order chi connectivity index (χ1) is 11.8. The second-order valence-electron chi connectivity index (χ2n) is 6.36. The predicted octanol–water partition coefficient (Wildman–Crippen LogP) is 1.46. The van der Waals surface area contributed by atoms with Gasteiger partial charge in [-0.15, -0.1) is 0 Å². The summed E-state index contributed by atoms with van der Waals surface area (Å²) in [6, 6.07) is 4.24. The highest BCUT2D eigenvalue weighted by Gasteiger charge is 2.27. The van der Waals surface area contributed by atoms with Crippen LogP contribution in [0, 0.1) is 13.8 Å². The molecule has 0 amide bonds. The smallest absolute Gasteiger partial charge is 0.251 e. The molecule has 3 rings (SSSR count). The molecule has 1 aliphatic rings. The van der Waals surface area contributed by atoms with Gasteiger partial charge in [0.1, 0.15) is 0 Å². The van der Waals surface area contributed by atoms with E-state index >= 15 is 0 Å². The minimum atomic E-state index is -3.63. The summed E-state index contributed by atoms with van der Waals surface area (Å²) in [6.07, 6.45) is 2.94. The van der Waals surface area contributed by atoms with E-state index in [1.54, 1.807) is 13.0 Å². The third-order valence-corrected chi connectivity index (χ3v) is 6.31. The Bertz CT molecular complexity index is 966. The van der Waals surface area contributed by atoms with Crippen molar-refractivity contribution in [1.82, 2.24) is 13.9 Å². The van der Waals surface area contributed by atoms with Gasteiger partial charge in [0.05, 0.1) is 11.4 Å². The molecule has 2 aromatic heterocycles. The van der Waals surface area contributed by atoms with Gasteiger partial charge in [-0.1, -0.05) is 0 Å². The number of nitrogens with one attached hydrogen (secondary N) is 1. The van der Waals surface area contributed by atoms with Crippen molar-refractivity contribution in [2.24, 2.45) is 0 Å². The SMILES string of the molecule is Cc1cc(C(=O)Cn2cc(S(=O)(=O)N3CCCC3)ccc2=O)c(C)[nH]1. The van der Waals surface area contributed by atoms with Crippen molar-refractivity contribution < 1.29 is 13.2 Å². The van der Waals surface area contributed by atoms with Crippen LogP contribution in [0.5, 0.6) is 0 Å². The van der Waals surface area contributed by atoms with Crippen molar-refractivity contribution in [2.75, 3.05) is 13.1 Å². The van der Waals surface area contributed by atoms with Gasteiger partial charge in [0.2, 0.25) is 10.0 Å². The number of Topliss-reactive ketones (excluding diaryl/α,β-unsaturated/α-hetero) is 1. The zero-order chi connectivity index (χ0) is 18.2. The maximum atomic E-state index is 12.6. The lowest BCUT2D eigenvalue weighted by molar-refractivity contribution is 0.0970. The summed E-state index contributed by atoms with van der Waals surface area (Å²) < 4.78 is 27.8. The van der Waals surface area contributed by atoms with Crippen molar-refractivity contribution >= 4 is 15.8 Å². The summed E-state index contributed by atoms with van der Waals surface area (Å²) in [5, 5.41) is 0. The van der Waals surface area contributed by atoms with Gasteiger partial charge in [0.15, 0.2) is 5.78 Å².